The summed E-state index contributed by atoms with van der Waals surface area (Å²) in [7, 11) is 0. The largest absolute Gasteiger partial charge is 0.393 e. The highest BCUT2D eigenvalue weighted by Crippen LogP contribution is 2.17. The van der Waals surface area contributed by atoms with E-state index in [4.69, 9.17) is 11.6 Å². The predicted molar refractivity (Wildman–Crippen MR) is 51.7 cm³/mol. The molecule has 2 atom stereocenters. The molecule has 2 unspecified atom stereocenters. The lowest BCUT2D eigenvalue weighted by atomic mass is 9.96. The number of halogens is 1. The van der Waals surface area contributed by atoms with Gasteiger partial charge in [0.2, 0.25) is 5.91 Å². The van der Waals surface area contributed by atoms with Gasteiger partial charge in [-0.3, -0.25) is 4.79 Å². The Labute approximate surface area is 83.7 Å². The SMILES string of the molecule is CC1CN(C(=O)CCCl)CCC1O. The zero-order valence-corrected chi connectivity index (χ0v) is 8.63. The van der Waals surface area contributed by atoms with Crippen molar-refractivity contribution in [3.63, 3.8) is 0 Å². The summed E-state index contributed by atoms with van der Waals surface area (Å²) in [6.45, 7) is 3.29. The quantitative estimate of drug-likeness (QED) is 0.679. The fourth-order valence-electron chi connectivity index (χ4n) is 1.60. The third-order valence-corrected chi connectivity index (χ3v) is 2.71. The molecule has 1 fully saturated rings. The number of alkyl halides is 1. The van der Waals surface area contributed by atoms with Crippen molar-refractivity contribution in [2.45, 2.75) is 25.9 Å². The molecule has 1 rings (SSSR count). The van der Waals surface area contributed by atoms with Crippen LogP contribution in [0.25, 0.3) is 0 Å². The minimum Gasteiger partial charge on any atom is -0.393 e. The van der Waals surface area contributed by atoms with Gasteiger partial charge in [0.15, 0.2) is 0 Å². The van der Waals surface area contributed by atoms with E-state index in [2.05, 4.69) is 0 Å². The highest BCUT2D eigenvalue weighted by molar-refractivity contribution is 6.18. The van der Waals surface area contributed by atoms with Crippen LogP contribution in [0.3, 0.4) is 0 Å². The van der Waals surface area contributed by atoms with Crippen molar-refractivity contribution in [2.75, 3.05) is 19.0 Å². The fourth-order valence-corrected chi connectivity index (χ4v) is 1.76. The van der Waals surface area contributed by atoms with E-state index >= 15 is 0 Å². The summed E-state index contributed by atoms with van der Waals surface area (Å²) in [6.07, 6.45) is 0.847. The summed E-state index contributed by atoms with van der Waals surface area (Å²) >= 11 is 5.48. The van der Waals surface area contributed by atoms with Gasteiger partial charge in [0, 0.05) is 25.4 Å². The molecule has 1 aliphatic rings. The number of carbonyl (C=O) groups excluding carboxylic acids is 1. The molecule has 1 amide bonds. The number of piperidine rings is 1. The highest BCUT2D eigenvalue weighted by Gasteiger charge is 2.26. The van der Waals surface area contributed by atoms with Gasteiger partial charge in [-0.25, -0.2) is 0 Å². The topological polar surface area (TPSA) is 40.5 Å². The Morgan fingerprint density at radius 1 is 1.69 bits per heavy atom. The monoisotopic (exact) mass is 205 g/mol. The second-order valence-corrected chi connectivity index (χ2v) is 3.99. The molecule has 0 aliphatic carbocycles. The van der Waals surface area contributed by atoms with Crippen molar-refractivity contribution in [1.82, 2.24) is 4.90 Å². The zero-order chi connectivity index (χ0) is 9.84. The van der Waals surface area contributed by atoms with E-state index in [1.54, 1.807) is 4.90 Å². The number of carbonyl (C=O) groups is 1. The van der Waals surface area contributed by atoms with Gasteiger partial charge in [0.05, 0.1) is 6.10 Å². The Balaban J connectivity index is 2.40. The molecule has 0 aromatic heterocycles. The summed E-state index contributed by atoms with van der Waals surface area (Å²) < 4.78 is 0. The van der Waals surface area contributed by atoms with Crippen molar-refractivity contribution in [3.05, 3.63) is 0 Å². The molecule has 0 aromatic rings. The van der Waals surface area contributed by atoms with E-state index < -0.39 is 0 Å². The minimum absolute atomic E-state index is 0.105. The van der Waals surface area contributed by atoms with Gasteiger partial charge >= 0.3 is 0 Å². The van der Waals surface area contributed by atoms with Crippen LogP contribution in [0.15, 0.2) is 0 Å². The fraction of sp³-hybridized carbons (Fsp3) is 0.889. The molecule has 0 bridgehead atoms. The van der Waals surface area contributed by atoms with Gasteiger partial charge in [0.1, 0.15) is 0 Å². The molecule has 1 N–H and O–H groups in total. The van der Waals surface area contributed by atoms with Crippen LogP contribution in [0.2, 0.25) is 0 Å². The van der Waals surface area contributed by atoms with Gasteiger partial charge < -0.3 is 10.0 Å². The summed E-state index contributed by atoms with van der Waals surface area (Å²) in [5.74, 6) is 0.675. The molecule has 1 saturated heterocycles. The van der Waals surface area contributed by atoms with Crippen LogP contribution in [-0.2, 0) is 4.79 Å². The maximum atomic E-state index is 11.4. The van der Waals surface area contributed by atoms with Crippen LogP contribution >= 0.6 is 11.6 Å². The third-order valence-electron chi connectivity index (χ3n) is 2.52. The summed E-state index contributed by atoms with van der Waals surface area (Å²) in [4.78, 5) is 13.2. The van der Waals surface area contributed by atoms with Crippen LogP contribution in [0.4, 0.5) is 0 Å². The Morgan fingerprint density at radius 3 is 2.92 bits per heavy atom. The van der Waals surface area contributed by atoms with Crippen molar-refractivity contribution in [2.24, 2.45) is 5.92 Å². The summed E-state index contributed by atoms with van der Waals surface area (Å²) in [6, 6.07) is 0. The van der Waals surface area contributed by atoms with E-state index in [1.165, 1.54) is 0 Å². The highest BCUT2D eigenvalue weighted by atomic mass is 35.5. The van der Waals surface area contributed by atoms with Gasteiger partial charge in [-0.1, -0.05) is 6.92 Å². The number of amides is 1. The average molecular weight is 206 g/mol. The Bertz CT molecular complexity index is 186. The average Bonchev–Trinajstić information content (AvgIpc) is 2.10. The Kier molecular flexibility index (Phi) is 4.00. The molecule has 13 heavy (non-hydrogen) atoms. The number of hydrogen-bond donors (Lipinski definition) is 1. The molecule has 0 aromatic carbocycles. The predicted octanol–water partition coefficient (Wildman–Crippen LogP) is 0.845. The van der Waals surface area contributed by atoms with E-state index in [0.29, 0.717) is 31.8 Å². The first-order valence-corrected chi connectivity index (χ1v) is 5.20. The molecule has 0 saturated carbocycles. The van der Waals surface area contributed by atoms with E-state index in [0.717, 1.165) is 0 Å². The summed E-state index contributed by atoms with van der Waals surface area (Å²) in [5.41, 5.74) is 0. The van der Waals surface area contributed by atoms with Crippen LogP contribution in [-0.4, -0.2) is 41.0 Å². The van der Waals surface area contributed by atoms with Crippen molar-refractivity contribution in [1.29, 1.82) is 0 Å². The number of aliphatic hydroxyl groups is 1. The Hall–Kier alpha value is -0.280. The van der Waals surface area contributed by atoms with Crippen LogP contribution in [0.5, 0.6) is 0 Å². The minimum atomic E-state index is -0.250. The smallest absolute Gasteiger partial charge is 0.223 e. The normalized spacial score (nSPS) is 29.0. The lowest BCUT2D eigenvalue weighted by molar-refractivity contribution is -0.134. The van der Waals surface area contributed by atoms with Crippen LogP contribution in [0.1, 0.15) is 19.8 Å². The van der Waals surface area contributed by atoms with Crippen molar-refractivity contribution >= 4 is 17.5 Å². The first-order valence-electron chi connectivity index (χ1n) is 4.67. The van der Waals surface area contributed by atoms with Gasteiger partial charge in [-0.2, -0.15) is 0 Å². The maximum Gasteiger partial charge on any atom is 0.223 e. The Morgan fingerprint density at radius 2 is 2.38 bits per heavy atom. The number of rotatable bonds is 2. The van der Waals surface area contributed by atoms with Crippen molar-refractivity contribution in [3.8, 4) is 0 Å². The molecular formula is C9H16ClNO2. The van der Waals surface area contributed by atoms with E-state index in [-0.39, 0.29) is 17.9 Å². The second kappa shape index (κ2) is 4.82. The number of aliphatic hydroxyl groups excluding tert-OH is 1. The lowest BCUT2D eigenvalue weighted by Gasteiger charge is -2.34. The molecule has 0 radical (unpaired) electrons. The number of hydrogen-bond acceptors (Lipinski definition) is 2. The van der Waals surface area contributed by atoms with Crippen molar-refractivity contribution < 1.29 is 9.90 Å². The first kappa shape index (κ1) is 10.8. The standard InChI is InChI=1S/C9H16ClNO2/c1-7-6-11(5-3-8(7)12)9(13)2-4-10/h7-8,12H,2-6H2,1H3. The maximum absolute atomic E-state index is 11.4. The molecule has 1 heterocycles. The third kappa shape index (κ3) is 2.85. The second-order valence-electron chi connectivity index (χ2n) is 3.61. The van der Waals surface area contributed by atoms with E-state index in [1.807, 2.05) is 6.92 Å². The zero-order valence-electron chi connectivity index (χ0n) is 7.87. The lowest BCUT2D eigenvalue weighted by Crippen LogP contribution is -2.45. The van der Waals surface area contributed by atoms with Gasteiger partial charge in [-0.15, -0.1) is 11.6 Å². The summed E-state index contributed by atoms with van der Waals surface area (Å²) in [5, 5.41) is 9.44. The molecular weight excluding hydrogens is 190 g/mol. The molecule has 0 spiro atoms. The molecule has 4 heteroatoms. The molecule has 76 valence electrons. The number of nitrogens with zero attached hydrogens (tertiary/aromatic N) is 1. The first-order chi connectivity index (χ1) is 6.15. The molecule has 3 nitrogen and oxygen atoms in total. The number of likely N-dealkylation sites (tertiary alicyclic amines) is 1. The van der Waals surface area contributed by atoms with Crippen LogP contribution in [0, 0.1) is 5.92 Å². The molecule has 1 aliphatic heterocycles. The van der Waals surface area contributed by atoms with Gasteiger partial charge in [0.25, 0.3) is 0 Å². The van der Waals surface area contributed by atoms with Gasteiger partial charge in [-0.05, 0) is 12.3 Å². The van der Waals surface area contributed by atoms with E-state index in [9.17, 15) is 9.90 Å². The van der Waals surface area contributed by atoms with Crippen LogP contribution < -0.4 is 0 Å².